The molecule has 0 aliphatic carbocycles. The quantitative estimate of drug-likeness (QED) is 0.397. The molecule has 0 radical (unpaired) electrons. The predicted molar refractivity (Wildman–Crippen MR) is 116 cm³/mol. The molecule has 0 aliphatic rings. The molecule has 8 heteroatoms. The molecule has 0 saturated carbocycles. The van der Waals surface area contributed by atoms with Gasteiger partial charge in [-0.2, -0.15) is 0 Å². The van der Waals surface area contributed by atoms with Gasteiger partial charge in [0.1, 0.15) is 11.3 Å². The number of methoxy groups -OCH3 is 1. The van der Waals surface area contributed by atoms with Gasteiger partial charge in [-0.1, -0.05) is 53.8 Å². The molecule has 1 aromatic heterocycles. The van der Waals surface area contributed by atoms with Crippen molar-refractivity contribution in [2.45, 2.75) is 6.54 Å². The van der Waals surface area contributed by atoms with Crippen LogP contribution < -0.4 is 14.4 Å². The number of benzene rings is 3. The Balaban J connectivity index is 1.64. The van der Waals surface area contributed by atoms with Gasteiger partial charge in [0.15, 0.2) is 29.1 Å². The Labute approximate surface area is 181 Å². The molecule has 0 spiro atoms. The highest BCUT2D eigenvalue weighted by Gasteiger charge is 2.22. The Kier molecular flexibility index (Phi) is 6.08. The fraction of sp³-hybridized carbons (Fsp3) is 0.130. The highest BCUT2D eigenvalue weighted by Crippen LogP contribution is 2.32. The first-order chi connectivity index (χ1) is 15.0. The molecule has 1 amide bonds. The minimum absolute atomic E-state index is 0.0258. The number of hydrogen-bond acceptors (Lipinski definition) is 5. The Morgan fingerprint density at radius 3 is 2.48 bits per heavy atom. The van der Waals surface area contributed by atoms with Crippen LogP contribution in [-0.4, -0.2) is 24.6 Å². The van der Waals surface area contributed by atoms with E-state index in [0.717, 1.165) is 23.0 Å². The number of thiazole rings is 1. The summed E-state index contributed by atoms with van der Waals surface area (Å²) in [6.45, 7) is -0.0706. The minimum atomic E-state index is -0.769. The second-order valence-electron chi connectivity index (χ2n) is 6.64. The van der Waals surface area contributed by atoms with Crippen LogP contribution in [0.4, 0.5) is 13.9 Å². The molecule has 158 valence electrons. The van der Waals surface area contributed by atoms with Gasteiger partial charge in [-0.25, -0.2) is 13.8 Å². The number of hydrogen-bond donors (Lipinski definition) is 0. The van der Waals surface area contributed by atoms with Crippen molar-refractivity contribution in [2.75, 3.05) is 18.6 Å². The molecule has 0 atom stereocenters. The van der Waals surface area contributed by atoms with Crippen LogP contribution in [0.2, 0.25) is 0 Å². The third-order valence-electron chi connectivity index (χ3n) is 4.54. The van der Waals surface area contributed by atoms with Crippen LogP contribution in [0.5, 0.6) is 11.5 Å². The van der Waals surface area contributed by atoms with Gasteiger partial charge in [0.2, 0.25) is 0 Å². The van der Waals surface area contributed by atoms with Crippen LogP contribution in [-0.2, 0) is 11.3 Å². The van der Waals surface area contributed by atoms with Crippen LogP contribution in [0.25, 0.3) is 10.2 Å². The first-order valence-electron chi connectivity index (χ1n) is 9.41. The number of ether oxygens (including phenoxy) is 2. The maximum atomic E-state index is 14.2. The van der Waals surface area contributed by atoms with E-state index in [1.807, 2.05) is 30.3 Å². The number of anilines is 1. The lowest BCUT2D eigenvalue weighted by Crippen LogP contribution is -2.34. The first-order valence-corrected chi connectivity index (χ1v) is 10.2. The molecule has 0 unspecified atom stereocenters. The molecule has 0 bridgehead atoms. The van der Waals surface area contributed by atoms with Crippen LogP contribution >= 0.6 is 11.3 Å². The highest BCUT2D eigenvalue weighted by atomic mass is 32.1. The molecular formula is C23H18F2N2O3S. The van der Waals surface area contributed by atoms with Crippen molar-refractivity contribution in [3.8, 4) is 11.5 Å². The Bertz CT molecular complexity index is 1210. The van der Waals surface area contributed by atoms with E-state index in [-0.39, 0.29) is 29.7 Å². The average molecular weight is 440 g/mol. The molecule has 0 aliphatic heterocycles. The lowest BCUT2D eigenvalue weighted by Gasteiger charge is -2.20. The number of carbonyl (C=O) groups excluding carboxylic acids is 1. The summed E-state index contributed by atoms with van der Waals surface area (Å²) in [6.07, 6.45) is 0. The first kappa shape index (κ1) is 20.7. The monoisotopic (exact) mass is 440 g/mol. The molecule has 31 heavy (non-hydrogen) atoms. The molecule has 0 saturated heterocycles. The van der Waals surface area contributed by atoms with Gasteiger partial charge in [0.25, 0.3) is 5.91 Å². The van der Waals surface area contributed by atoms with Gasteiger partial charge < -0.3 is 9.47 Å². The molecule has 4 aromatic rings. The summed E-state index contributed by atoms with van der Waals surface area (Å²) >= 11 is 1.04. The van der Waals surface area contributed by atoms with E-state index in [1.165, 1.54) is 18.1 Å². The lowest BCUT2D eigenvalue weighted by molar-refractivity contribution is -0.120. The summed E-state index contributed by atoms with van der Waals surface area (Å²) in [6, 6.07) is 18.3. The number of amides is 1. The summed E-state index contributed by atoms with van der Waals surface area (Å²) in [5.41, 5.74) is 0.886. The maximum Gasteiger partial charge on any atom is 0.267 e. The number of halogens is 2. The molecule has 0 fully saturated rings. The number of aromatic nitrogens is 1. The zero-order chi connectivity index (χ0) is 21.8. The Morgan fingerprint density at radius 1 is 1.03 bits per heavy atom. The SMILES string of the molecule is COc1ccccc1OCC(=O)N(Cc1ccccc1)c1nc2c(F)cc(F)cc2s1. The van der Waals surface area contributed by atoms with Crippen LogP contribution in [0.15, 0.2) is 66.7 Å². The van der Waals surface area contributed by atoms with Crippen molar-refractivity contribution in [2.24, 2.45) is 0 Å². The van der Waals surface area contributed by atoms with Crippen molar-refractivity contribution >= 4 is 32.6 Å². The van der Waals surface area contributed by atoms with Crippen LogP contribution in [0.3, 0.4) is 0 Å². The molecule has 5 nitrogen and oxygen atoms in total. The van der Waals surface area contributed by atoms with E-state index in [9.17, 15) is 13.6 Å². The minimum Gasteiger partial charge on any atom is -0.493 e. The topological polar surface area (TPSA) is 51.7 Å². The zero-order valence-corrected chi connectivity index (χ0v) is 17.4. The van der Waals surface area contributed by atoms with Gasteiger partial charge in [-0.3, -0.25) is 9.69 Å². The summed E-state index contributed by atoms with van der Waals surface area (Å²) in [5.74, 6) is -0.914. The fourth-order valence-corrected chi connectivity index (χ4v) is 4.07. The highest BCUT2D eigenvalue weighted by molar-refractivity contribution is 7.22. The van der Waals surface area contributed by atoms with Gasteiger partial charge in [0, 0.05) is 6.07 Å². The van der Waals surface area contributed by atoms with Crippen molar-refractivity contribution in [3.63, 3.8) is 0 Å². The zero-order valence-electron chi connectivity index (χ0n) is 16.5. The number of nitrogens with zero attached hydrogens (tertiary/aromatic N) is 2. The van der Waals surface area contributed by atoms with Gasteiger partial charge in [-0.05, 0) is 23.8 Å². The number of rotatable bonds is 7. The largest absolute Gasteiger partial charge is 0.493 e. The van der Waals surface area contributed by atoms with E-state index in [4.69, 9.17) is 9.47 Å². The van der Waals surface area contributed by atoms with Crippen LogP contribution in [0.1, 0.15) is 5.56 Å². The Morgan fingerprint density at radius 2 is 1.74 bits per heavy atom. The van der Waals surface area contributed by atoms with E-state index in [1.54, 1.807) is 24.3 Å². The normalized spacial score (nSPS) is 10.8. The molecule has 4 rings (SSSR count). The van der Waals surface area contributed by atoms with Gasteiger partial charge in [-0.15, -0.1) is 0 Å². The second kappa shape index (κ2) is 9.09. The lowest BCUT2D eigenvalue weighted by atomic mass is 10.2. The number of fused-ring (bicyclic) bond motifs is 1. The molecular weight excluding hydrogens is 422 g/mol. The molecule has 0 N–H and O–H groups in total. The van der Waals surface area contributed by atoms with Crippen molar-refractivity contribution in [1.82, 2.24) is 4.98 Å². The fourth-order valence-electron chi connectivity index (χ4n) is 3.04. The van der Waals surface area contributed by atoms with Crippen molar-refractivity contribution < 1.29 is 23.0 Å². The van der Waals surface area contributed by atoms with E-state index < -0.39 is 11.6 Å². The summed E-state index contributed by atoms with van der Waals surface area (Å²) < 4.78 is 39.0. The van der Waals surface area contributed by atoms with Gasteiger partial charge >= 0.3 is 0 Å². The summed E-state index contributed by atoms with van der Waals surface area (Å²) in [4.78, 5) is 18.8. The predicted octanol–water partition coefficient (Wildman–Crippen LogP) is 5.20. The molecule has 1 heterocycles. The molecule has 3 aromatic carbocycles. The average Bonchev–Trinajstić information content (AvgIpc) is 3.20. The van der Waals surface area contributed by atoms with Crippen molar-refractivity contribution in [1.29, 1.82) is 0 Å². The maximum absolute atomic E-state index is 14.2. The Hall–Kier alpha value is -3.52. The third-order valence-corrected chi connectivity index (χ3v) is 5.56. The summed E-state index contributed by atoms with van der Waals surface area (Å²) in [5, 5.41) is 0.261. The standard InChI is InChI=1S/C23H18F2N2O3S/c1-29-18-9-5-6-10-19(18)30-14-21(28)27(13-15-7-3-2-4-8-15)23-26-22-17(25)11-16(24)12-20(22)31-23/h2-12H,13-14H2,1H3. The second-order valence-corrected chi connectivity index (χ2v) is 7.64. The third kappa shape index (κ3) is 4.64. The van der Waals surface area contributed by atoms with E-state index in [0.29, 0.717) is 16.2 Å². The number of carbonyl (C=O) groups is 1. The number of para-hydroxylation sites is 2. The van der Waals surface area contributed by atoms with E-state index in [2.05, 4.69) is 4.98 Å². The van der Waals surface area contributed by atoms with Crippen LogP contribution in [0, 0.1) is 11.6 Å². The smallest absolute Gasteiger partial charge is 0.267 e. The van der Waals surface area contributed by atoms with E-state index >= 15 is 0 Å². The summed E-state index contributed by atoms with van der Waals surface area (Å²) in [7, 11) is 1.51. The van der Waals surface area contributed by atoms with Gasteiger partial charge in [0.05, 0.1) is 18.4 Å². The van der Waals surface area contributed by atoms with Crippen molar-refractivity contribution in [3.05, 3.63) is 83.9 Å².